The van der Waals surface area contributed by atoms with Crippen molar-refractivity contribution in [3.05, 3.63) is 42.6 Å². The van der Waals surface area contributed by atoms with Gasteiger partial charge in [-0.1, -0.05) is 6.92 Å². The summed E-state index contributed by atoms with van der Waals surface area (Å²) < 4.78 is 16.5. The van der Waals surface area contributed by atoms with Crippen LogP contribution in [0.3, 0.4) is 0 Å². The van der Waals surface area contributed by atoms with E-state index >= 15 is 0 Å². The number of ether oxygens (including phenoxy) is 2. The summed E-state index contributed by atoms with van der Waals surface area (Å²) in [6.07, 6.45) is 10.3. The van der Waals surface area contributed by atoms with E-state index in [0.717, 1.165) is 60.6 Å². The standard InChI is InChI=1S/C28H35N9O2/c1-5-36-11-7-20(8-12-36)37-17-23(19(3)34-37)21-15-30-26-14-24(21)39-18(2)9-13-38-28-22(16-31-35(28)4)27-29-10-6-25(32-26)33-27/h6,10,14-18,20H,5,7-9,11-13H2,1-4H3,(H,29,30,32,33)/t18-/m0/s1. The van der Waals surface area contributed by atoms with E-state index in [1.165, 1.54) is 0 Å². The molecule has 11 nitrogen and oxygen atoms in total. The number of nitrogens with zero attached hydrogens (tertiary/aromatic N) is 8. The SMILES string of the molecule is CCN1CCC(n2cc(-c3cnc4cc3O[C@@H](C)CCOc3c(cnn3C)-c3nccc(n3)N4)c(C)n2)CC1. The molecule has 0 amide bonds. The summed E-state index contributed by atoms with van der Waals surface area (Å²) in [7, 11) is 1.85. The molecule has 0 spiro atoms. The maximum atomic E-state index is 6.52. The van der Waals surface area contributed by atoms with Gasteiger partial charge in [0.05, 0.1) is 30.6 Å². The monoisotopic (exact) mass is 529 g/mol. The fourth-order valence-corrected chi connectivity index (χ4v) is 5.28. The third-order valence-electron chi connectivity index (χ3n) is 7.58. The molecule has 1 saturated heterocycles. The Bertz CT molecular complexity index is 1460. The summed E-state index contributed by atoms with van der Waals surface area (Å²) in [6, 6.07) is 4.15. The molecule has 1 N–H and O–H groups in total. The maximum Gasteiger partial charge on any atom is 0.222 e. The van der Waals surface area contributed by atoms with Crippen LogP contribution in [0.5, 0.6) is 11.6 Å². The number of pyridine rings is 1. The van der Waals surface area contributed by atoms with Crippen molar-refractivity contribution in [2.45, 2.75) is 52.2 Å². The van der Waals surface area contributed by atoms with Gasteiger partial charge in [-0.05, 0) is 39.3 Å². The summed E-state index contributed by atoms with van der Waals surface area (Å²) in [6.45, 7) is 10.1. The molecule has 4 bridgehead atoms. The highest BCUT2D eigenvalue weighted by Gasteiger charge is 2.24. The van der Waals surface area contributed by atoms with Gasteiger partial charge >= 0.3 is 0 Å². The predicted octanol–water partition coefficient (Wildman–Crippen LogP) is 4.39. The predicted molar refractivity (Wildman–Crippen MR) is 148 cm³/mol. The molecule has 0 radical (unpaired) electrons. The van der Waals surface area contributed by atoms with Crippen LogP contribution in [-0.2, 0) is 7.05 Å². The lowest BCUT2D eigenvalue weighted by Gasteiger charge is -2.31. The Hall–Kier alpha value is -3.99. The molecule has 0 aromatic carbocycles. The number of likely N-dealkylation sites (tertiary alicyclic amines) is 1. The Morgan fingerprint density at radius 3 is 2.72 bits per heavy atom. The molecular formula is C28H35N9O2. The lowest BCUT2D eigenvalue weighted by atomic mass is 10.0. The number of hydrogen-bond donors (Lipinski definition) is 1. The largest absolute Gasteiger partial charge is 0.490 e. The minimum absolute atomic E-state index is 0.0959. The Labute approximate surface area is 228 Å². The van der Waals surface area contributed by atoms with Crippen molar-refractivity contribution < 1.29 is 9.47 Å². The second-order valence-corrected chi connectivity index (χ2v) is 10.3. The highest BCUT2D eigenvalue weighted by Crippen LogP contribution is 2.36. The van der Waals surface area contributed by atoms with Gasteiger partial charge in [-0.25, -0.2) is 19.6 Å². The van der Waals surface area contributed by atoms with Gasteiger partial charge in [0.15, 0.2) is 5.82 Å². The van der Waals surface area contributed by atoms with Crippen LogP contribution in [-0.4, -0.2) is 71.8 Å². The zero-order valence-corrected chi connectivity index (χ0v) is 23.0. The van der Waals surface area contributed by atoms with Crippen LogP contribution in [0, 0.1) is 6.92 Å². The molecule has 0 aliphatic carbocycles. The van der Waals surface area contributed by atoms with E-state index < -0.39 is 0 Å². The average molecular weight is 530 g/mol. The van der Waals surface area contributed by atoms with Crippen LogP contribution in [0.15, 0.2) is 36.9 Å². The molecular weight excluding hydrogens is 494 g/mol. The van der Waals surface area contributed by atoms with Crippen LogP contribution in [0.1, 0.15) is 44.8 Å². The summed E-state index contributed by atoms with van der Waals surface area (Å²) in [5.41, 5.74) is 3.67. The second-order valence-electron chi connectivity index (χ2n) is 10.3. The van der Waals surface area contributed by atoms with E-state index in [9.17, 15) is 0 Å². The van der Waals surface area contributed by atoms with E-state index in [1.54, 1.807) is 17.1 Å². The molecule has 6 rings (SSSR count). The molecule has 1 atom stereocenters. The number of anilines is 2. The van der Waals surface area contributed by atoms with Crippen molar-refractivity contribution >= 4 is 11.6 Å². The highest BCUT2D eigenvalue weighted by atomic mass is 16.5. The van der Waals surface area contributed by atoms with Crippen LogP contribution in [0.2, 0.25) is 0 Å². The first-order valence-electron chi connectivity index (χ1n) is 13.7. The molecule has 4 aromatic rings. The van der Waals surface area contributed by atoms with Crippen molar-refractivity contribution in [3.63, 3.8) is 0 Å². The summed E-state index contributed by atoms with van der Waals surface area (Å²) in [5, 5.41) is 12.6. The van der Waals surface area contributed by atoms with Crippen LogP contribution in [0.25, 0.3) is 22.5 Å². The van der Waals surface area contributed by atoms with E-state index in [0.29, 0.717) is 42.4 Å². The Balaban J connectivity index is 1.34. The van der Waals surface area contributed by atoms with Gasteiger partial charge in [-0.2, -0.15) is 10.2 Å². The molecule has 11 heteroatoms. The maximum absolute atomic E-state index is 6.52. The van der Waals surface area contributed by atoms with Gasteiger partial charge in [0, 0.05) is 62.3 Å². The average Bonchev–Trinajstić information content (AvgIpc) is 3.51. The lowest BCUT2D eigenvalue weighted by Crippen LogP contribution is -2.34. The number of aryl methyl sites for hydroxylation is 2. The number of aromatic nitrogens is 7. The van der Waals surface area contributed by atoms with Crippen LogP contribution in [0.4, 0.5) is 11.6 Å². The van der Waals surface area contributed by atoms with Gasteiger partial charge in [0.1, 0.15) is 22.9 Å². The first-order chi connectivity index (χ1) is 19.0. The molecule has 1 fully saturated rings. The summed E-state index contributed by atoms with van der Waals surface area (Å²) in [4.78, 5) is 16.4. The number of rotatable bonds is 3. The lowest BCUT2D eigenvalue weighted by molar-refractivity contribution is 0.173. The first-order valence-corrected chi connectivity index (χ1v) is 13.7. The summed E-state index contributed by atoms with van der Waals surface area (Å²) in [5.74, 6) is 3.17. The molecule has 204 valence electrons. The van der Waals surface area contributed by atoms with Crippen molar-refractivity contribution in [3.8, 4) is 34.1 Å². The summed E-state index contributed by atoms with van der Waals surface area (Å²) >= 11 is 0. The number of hydrogen-bond acceptors (Lipinski definition) is 9. The van der Waals surface area contributed by atoms with Crippen molar-refractivity contribution in [2.75, 3.05) is 31.6 Å². The minimum Gasteiger partial charge on any atom is -0.490 e. The van der Waals surface area contributed by atoms with E-state index in [4.69, 9.17) is 24.5 Å². The number of nitrogens with one attached hydrogen (secondary N) is 1. The third-order valence-corrected chi connectivity index (χ3v) is 7.58. The Morgan fingerprint density at radius 2 is 1.90 bits per heavy atom. The topological polar surface area (TPSA) is 108 Å². The van der Waals surface area contributed by atoms with Gasteiger partial charge in [0.25, 0.3) is 0 Å². The molecule has 6 heterocycles. The van der Waals surface area contributed by atoms with E-state index in [1.807, 2.05) is 25.4 Å². The smallest absolute Gasteiger partial charge is 0.222 e. The highest BCUT2D eigenvalue weighted by molar-refractivity contribution is 5.73. The molecule has 4 aromatic heterocycles. The normalized spacial score (nSPS) is 18.4. The minimum atomic E-state index is -0.0959. The fourth-order valence-electron chi connectivity index (χ4n) is 5.28. The molecule has 2 aliphatic rings. The fraction of sp³-hybridized carbons (Fsp3) is 0.464. The van der Waals surface area contributed by atoms with E-state index in [-0.39, 0.29) is 6.10 Å². The zero-order chi connectivity index (χ0) is 26.9. The van der Waals surface area contributed by atoms with Gasteiger partial charge < -0.3 is 19.7 Å². The van der Waals surface area contributed by atoms with Crippen molar-refractivity contribution in [1.82, 2.24) is 39.4 Å². The number of fused-ring (bicyclic) bond motifs is 6. The number of piperidine rings is 1. The Kier molecular flexibility index (Phi) is 6.90. The third kappa shape index (κ3) is 5.18. The second kappa shape index (κ2) is 10.6. The molecule has 2 aliphatic heterocycles. The first kappa shape index (κ1) is 25.3. The molecule has 39 heavy (non-hydrogen) atoms. The Morgan fingerprint density at radius 1 is 1.05 bits per heavy atom. The molecule has 0 saturated carbocycles. The van der Waals surface area contributed by atoms with Crippen LogP contribution >= 0.6 is 0 Å². The van der Waals surface area contributed by atoms with Gasteiger partial charge in [-0.3, -0.25) is 4.68 Å². The van der Waals surface area contributed by atoms with E-state index in [2.05, 4.69) is 51.9 Å². The van der Waals surface area contributed by atoms with Crippen molar-refractivity contribution in [1.29, 1.82) is 0 Å². The van der Waals surface area contributed by atoms with Gasteiger partial charge in [-0.15, -0.1) is 0 Å². The quantitative estimate of drug-likeness (QED) is 0.413. The molecule has 0 unspecified atom stereocenters. The zero-order valence-electron chi connectivity index (χ0n) is 23.0. The van der Waals surface area contributed by atoms with Crippen molar-refractivity contribution in [2.24, 2.45) is 7.05 Å². The van der Waals surface area contributed by atoms with Crippen LogP contribution < -0.4 is 14.8 Å². The van der Waals surface area contributed by atoms with Gasteiger partial charge in [0.2, 0.25) is 5.88 Å².